The number of nitrogens with zero attached hydrogens (tertiary/aromatic N) is 2. The number of methoxy groups -OCH3 is 1. The first-order chi connectivity index (χ1) is 16.3. The lowest BCUT2D eigenvalue weighted by molar-refractivity contribution is 0.0601. The Bertz CT molecular complexity index is 1250. The number of benzene rings is 3. The van der Waals surface area contributed by atoms with Gasteiger partial charge in [0, 0.05) is 11.6 Å². The molecule has 1 fully saturated rings. The van der Waals surface area contributed by atoms with Gasteiger partial charge in [0.2, 0.25) is 0 Å². The van der Waals surface area contributed by atoms with Crippen LogP contribution in [0.2, 0.25) is 0 Å². The van der Waals surface area contributed by atoms with Gasteiger partial charge in [-0.2, -0.15) is 0 Å². The summed E-state index contributed by atoms with van der Waals surface area (Å²) in [5.74, 6) is 0.653. The summed E-state index contributed by atoms with van der Waals surface area (Å²) in [7, 11) is 1.42. The van der Waals surface area contributed by atoms with E-state index in [-0.39, 0.29) is 5.97 Å². The predicted octanol–water partition coefficient (Wildman–Crippen LogP) is 7.44. The molecular weight excluding hydrogens is 408 g/mol. The largest absolute Gasteiger partial charge is 0.465 e. The van der Waals surface area contributed by atoms with Crippen LogP contribution in [0.1, 0.15) is 61.3 Å². The van der Waals surface area contributed by atoms with Gasteiger partial charge in [-0.1, -0.05) is 86.7 Å². The lowest BCUT2D eigenvalue weighted by Crippen LogP contribution is -2.12. The first-order valence-electron chi connectivity index (χ1n) is 12.0. The lowest BCUT2D eigenvalue weighted by Gasteiger charge is -2.24. The van der Waals surface area contributed by atoms with Crippen molar-refractivity contribution in [1.82, 2.24) is 9.55 Å². The summed E-state index contributed by atoms with van der Waals surface area (Å²) in [6.07, 6.45) is 8.73. The average Bonchev–Trinajstić information content (AvgIpc) is 3.22. The van der Waals surface area contributed by atoms with Gasteiger partial charge in [-0.25, -0.2) is 9.78 Å². The van der Waals surface area contributed by atoms with Gasteiger partial charge in [0.25, 0.3) is 0 Å². The molecule has 0 amide bonds. The topological polar surface area (TPSA) is 44.1 Å². The second kappa shape index (κ2) is 9.62. The van der Waals surface area contributed by atoms with E-state index >= 15 is 0 Å². The van der Waals surface area contributed by atoms with Gasteiger partial charge in [0.15, 0.2) is 0 Å². The first-order valence-corrected chi connectivity index (χ1v) is 12.0. The van der Waals surface area contributed by atoms with E-state index in [1.54, 1.807) is 0 Å². The van der Waals surface area contributed by atoms with E-state index in [1.165, 1.54) is 50.3 Å². The highest BCUT2D eigenvalue weighted by Gasteiger charge is 2.23. The second-order valence-corrected chi connectivity index (χ2v) is 8.91. The van der Waals surface area contributed by atoms with Crippen LogP contribution in [0.4, 0.5) is 0 Å². The molecule has 0 saturated heterocycles. The number of hydrogen-bond donors (Lipinski definition) is 0. The summed E-state index contributed by atoms with van der Waals surface area (Å²) in [5.41, 5.74) is 5.95. The zero-order valence-corrected chi connectivity index (χ0v) is 19.2. The molecule has 1 heterocycles. The zero-order chi connectivity index (χ0) is 22.6. The van der Waals surface area contributed by atoms with Crippen molar-refractivity contribution < 1.29 is 9.53 Å². The molecule has 0 bridgehead atoms. The highest BCUT2D eigenvalue weighted by atomic mass is 16.5. The molecule has 0 atom stereocenters. The maximum Gasteiger partial charge on any atom is 0.337 e. The molecular formula is C29H30N2O2. The molecule has 1 aliphatic rings. The number of imidazole rings is 1. The number of esters is 1. The molecule has 4 heteroatoms. The van der Waals surface area contributed by atoms with Gasteiger partial charge in [-0.3, -0.25) is 0 Å². The van der Waals surface area contributed by atoms with E-state index in [1.807, 2.05) is 24.3 Å². The van der Waals surface area contributed by atoms with Crippen LogP contribution in [0.3, 0.4) is 0 Å². The number of aromatic nitrogens is 2. The van der Waals surface area contributed by atoms with Crippen molar-refractivity contribution in [2.75, 3.05) is 7.11 Å². The molecule has 4 nitrogen and oxygen atoms in total. The van der Waals surface area contributed by atoms with Crippen molar-refractivity contribution in [3.63, 3.8) is 0 Å². The third-order valence-corrected chi connectivity index (χ3v) is 6.80. The van der Waals surface area contributed by atoms with Crippen molar-refractivity contribution >= 4 is 17.0 Å². The summed E-state index contributed by atoms with van der Waals surface area (Å²) in [5, 5.41) is 0. The van der Waals surface area contributed by atoms with E-state index in [2.05, 4.69) is 53.1 Å². The fourth-order valence-corrected chi connectivity index (χ4v) is 5.14. The van der Waals surface area contributed by atoms with Crippen LogP contribution in [0.15, 0.2) is 72.8 Å². The Balaban J connectivity index is 1.72. The van der Waals surface area contributed by atoms with Crippen LogP contribution < -0.4 is 0 Å². The summed E-state index contributed by atoms with van der Waals surface area (Å²) in [6, 6.07) is 25.2. The van der Waals surface area contributed by atoms with Crippen molar-refractivity contribution in [1.29, 1.82) is 0 Å². The van der Waals surface area contributed by atoms with Crippen LogP contribution in [0.25, 0.3) is 33.5 Å². The molecule has 0 N–H and O–H groups in total. The fourth-order valence-electron chi connectivity index (χ4n) is 5.14. The highest BCUT2D eigenvalue weighted by molar-refractivity contribution is 5.95. The molecule has 1 aromatic heterocycles. The summed E-state index contributed by atoms with van der Waals surface area (Å²) >= 11 is 0. The molecule has 0 aliphatic heterocycles. The number of carbonyl (C=O) groups excluding carboxylic acids is 1. The summed E-state index contributed by atoms with van der Waals surface area (Å²) < 4.78 is 7.40. The number of carbonyl (C=O) groups is 1. The molecule has 0 spiro atoms. The second-order valence-electron chi connectivity index (χ2n) is 8.91. The normalized spacial score (nSPS) is 15.2. The highest BCUT2D eigenvalue weighted by Crippen LogP contribution is 2.38. The molecule has 0 unspecified atom stereocenters. The number of hydrogen-bond acceptors (Lipinski definition) is 3. The molecule has 4 aromatic rings. The van der Waals surface area contributed by atoms with Gasteiger partial charge < -0.3 is 9.30 Å². The Labute approximate surface area is 195 Å². The van der Waals surface area contributed by atoms with Crippen LogP contribution in [0, 0.1) is 0 Å². The van der Waals surface area contributed by atoms with Crippen LogP contribution in [-0.2, 0) is 4.74 Å². The Morgan fingerprint density at radius 1 is 0.848 bits per heavy atom. The molecule has 0 radical (unpaired) electrons. The van der Waals surface area contributed by atoms with Crippen molar-refractivity contribution in [2.24, 2.45) is 0 Å². The average molecular weight is 439 g/mol. The standard InChI is InChI=1S/C29H30N2O2/c1-33-29(32)22-18-19-27-26(20-22)30-28(31(27)23-14-8-3-2-4-9-15-23)25-17-11-10-16-24(25)21-12-6-5-7-13-21/h5-7,10-13,16-20,23H,2-4,8-9,14-15H2,1H3. The number of ether oxygens (including phenoxy) is 1. The van der Waals surface area contributed by atoms with Gasteiger partial charge >= 0.3 is 5.97 Å². The maximum absolute atomic E-state index is 12.2. The lowest BCUT2D eigenvalue weighted by atomic mass is 9.95. The van der Waals surface area contributed by atoms with Crippen molar-refractivity contribution in [3.05, 3.63) is 78.4 Å². The SMILES string of the molecule is COC(=O)c1ccc2c(c1)nc(-c1ccccc1-c1ccccc1)n2C1CCCCCCC1. The first kappa shape index (κ1) is 21.4. The molecule has 33 heavy (non-hydrogen) atoms. The van der Waals surface area contributed by atoms with E-state index in [4.69, 9.17) is 9.72 Å². The quantitative estimate of drug-likeness (QED) is 0.311. The Kier molecular flexibility index (Phi) is 6.25. The molecule has 1 aliphatic carbocycles. The Hall–Kier alpha value is -3.40. The zero-order valence-electron chi connectivity index (χ0n) is 19.2. The van der Waals surface area contributed by atoms with Gasteiger partial charge in [-0.05, 0) is 42.2 Å². The van der Waals surface area contributed by atoms with E-state index < -0.39 is 0 Å². The van der Waals surface area contributed by atoms with Gasteiger partial charge in [0.05, 0.1) is 23.7 Å². The minimum Gasteiger partial charge on any atom is -0.465 e. The smallest absolute Gasteiger partial charge is 0.337 e. The van der Waals surface area contributed by atoms with E-state index in [0.29, 0.717) is 11.6 Å². The van der Waals surface area contributed by atoms with Crippen molar-refractivity contribution in [2.45, 2.75) is 51.0 Å². The fraction of sp³-hybridized carbons (Fsp3) is 0.310. The van der Waals surface area contributed by atoms with Gasteiger partial charge in [0.1, 0.15) is 5.82 Å². The maximum atomic E-state index is 12.2. The molecule has 168 valence electrons. The third kappa shape index (κ3) is 4.30. The summed E-state index contributed by atoms with van der Waals surface area (Å²) in [4.78, 5) is 17.3. The van der Waals surface area contributed by atoms with Crippen LogP contribution in [-0.4, -0.2) is 22.6 Å². The van der Waals surface area contributed by atoms with Crippen LogP contribution >= 0.6 is 0 Å². The third-order valence-electron chi connectivity index (χ3n) is 6.80. The monoisotopic (exact) mass is 438 g/mol. The summed E-state index contributed by atoms with van der Waals surface area (Å²) in [6.45, 7) is 0. The molecule has 5 rings (SSSR count). The minimum atomic E-state index is -0.330. The van der Waals surface area contributed by atoms with E-state index in [0.717, 1.165) is 35.3 Å². The van der Waals surface area contributed by atoms with Crippen molar-refractivity contribution in [3.8, 4) is 22.5 Å². The Morgan fingerprint density at radius 2 is 1.52 bits per heavy atom. The Morgan fingerprint density at radius 3 is 2.24 bits per heavy atom. The van der Waals surface area contributed by atoms with Gasteiger partial charge in [-0.15, -0.1) is 0 Å². The van der Waals surface area contributed by atoms with Crippen LogP contribution in [0.5, 0.6) is 0 Å². The minimum absolute atomic E-state index is 0.330. The molecule has 3 aromatic carbocycles. The van der Waals surface area contributed by atoms with E-state index in [9.17, 15) is 4.79 Å². The predicted molar refractivity (Wildman–Crippen MR) is 133 cm³/mol. The number of fused-ring (bicyclic) bond motifs is 1. The molecule has 1 saturated carbocycles. The number of rotatable bonds is 4.